The summed E-state index contributed by atoms with van der Waals surface area (Å²) < 4.78 is 0. The van der Waals surface area contributed by atoms with Gasteiger partial charge in [0.05, 0.1) is 0 Å². The van der Waals surface area contributed by atoms with Gasteiger partial charge >= 0.3 is 0 Å². The van der Waals surface area contributed by atoms with Crippen LogP contribution in [0.25, 0.3) is 0 Å². The lowest BCUT2D eigenvalue weighted by atomic mass is 10.1. The average Bonchev–Trinajstić information content (AvgIpc) is 2.01. The Morgan fingerprint density at radius 3 is 2.31 bits per heavy atom. The summed E-state index contributed by atoms with van der Waals surface area (Å²) in [5, 5.41) is 2.63. The van der Waals surface area contributed by atoms with Crippen molar-refractivity contribution < 1.29 is 9.59 Å². The molecule has 1 N–H and O–H groups in total. The van der Waals surface area contributed by atoms with Gasteiger partial charge in [-0.2, -0.15) is 0 Å². The maximum absolute atomic E-state index is 11.6. The van der Waals surface area contributed by atoms with Gasteiger partial charge in [-0.05, 0) is 27.7 Å². The van der Waals surface area contributed by atoms with Crippen molar-refractivity contribution in [3.63, 3.8) is 0 Å². The van der Waals surface area contributed by atoms with Crippen LogP contribution in [-0.2, 0) is 9.59 Å². The normalized spacial score (nSPS) is 29.5. The SMILES string of the molecule is CC(C)N1C(=O)[C@H](C)NC(=O)[C@@H]1C. The van der Waals surface area contributed by atoms with E-state index >= 15 is 0 Å². The van der Waals surface area contributed by atoms with Crippen molar-refractivity contribution in [2.24, 2.45) is 0 Å². The zero-order chi connectivity index (χ0) is 10.2. The minimum atomic E-state index is -0.383. The van der Waals surface area contributed by atoms with Crippen molar-refractivity contribution in [3.8, 4) is 0 Å². The molecule has 0 spiro atoms. The molecule has 1 rings (SSSR count). The number of hydrogen-bond donors (Lipinski definition) is 1. The first-order chi connectivity index (χ1) is 5.95. The lowest BCUT2D eigenvalue weighted by molar-refractivity contribution is -0.150. The molecule has 0 aromatic heterocycles. The highest BCUT2D eigenvalue weighted by molar-refractivity contribution is 5.96. The lowest BCUT2D eigenvalue weighted by Gasteiger charge is -2.38. The Hall–Kier alpha value is -1.06. The number of amides is 2. The zero-order valence-corrected chi connectivity index (χ0v) is 8.50. The number of piperazine rings is 1. The maximum Gasteiger partial charge on any atom is 0.245 e. The fourth-order valence-electron chi connectivity index (χ4n) is 1.64. The van der Waals surface area contributed by atoms with Crippen LogP contribution in [0.4, 0.5) is 0 Å². The van der Waals surface area contributed by atoms with Gasteiger partial charge in [0.25, 0.3) is 0 Å². The van der Waals surface area contributed by atoms with Gasteiger partial charge < -0.3 is 10.2 Å². The molecule has 0 unspecified atom stereocenters. The summed E-state index contributed by atoms with van der Waals surface area (Å²) in [6.45, 7) is 7.29. The van der Waals surface area contributed by atoms with Crippen LogP contribution in [0.15, 0.2) is 0 Å². The summed E-state index contributed by atoms with van der Waals surface area (Å²) >= 11 is 0. The average molecular weight is 184 g/mol. The van der Waals surface area contributed by atoms with Gasteiger partial charge in [0.15, 0.2) is 0 Å². The van der Waals surface area contributed by atoms with Gasteiger partial charge in [0, 0.05) is 6.04 Å². The first kappa shape index (κ1) is 10.0. The fourth-order valence-corrected chi connectivity index (χ4v) is 1.64. The summed E-state index contributed by atoms with van der Waals surface area (Å²) in [4.78, 5) is 24.6. The predicted molar refractivity (Wildman–Crippen MR) is 49.0 cm³/mol. The molecule has 1 fully saturated rings. The van der Waals surface area contributed by atoms with E-state index in [2.05, 4.69) is 5.32 Å². The molecule has 0 aromatic rings. The molecule has 0 bridgehead atoms. The zero-order valence-electron chi connectivity index (χ0n) is 8.50. The molecule has 74 valence electrons. The van der Waals surface area contributed by atoms with Crippen LogP contribution < -0.4 is 5.32 Å². The van der Waals surface area contributed by atoms with Gasteiger partial charge in [-0.25, -0.2) is 0 Å². The molecule has 1 aliphatic rings. The van der Waals surface area contributed by atoms with Crippen molar-refractivity contribution in [3.05, 3.63) is 0 Å². The highest BCUT2D eigenvalue weighted by atomic mass is 16.2. The molecule has 0 aromatic carbocycles. The van der Waals surface area contributed by atoms with Gasteiger partial charge in [0.1, 0.15) is 12.1 Å². The Bertz CT molecular complexity index is 238. The molecule has 0 aliphatic carbocycles. The first-order valence-corrected chi connectivity index (χ1v) is 4.57. The fraction of sp³-hybridized carbons (Fsp3) is 0.778. The summed E-state index contributed by atoms with van der Waals surface area (Å²) in [7, 11) is 0. The molecule has 1 aliphatic heterocycles. The molecule has 1 heterocycles. The van der Waals surface area contributed by atoms with E-state index in [0.717, 1.165) is 0 Å². The molecule has 1 saturated heterocycles. The van der Waals surface area contributed by atoms with E-state index in [9.17, 15) is 9.59 Å². The quantitative estimate of drug-likeness (QED) is 0.629. The number of carbonyl (C=O) groups is 2. The number of carbonyl (C=O) groups excluding carboxylic acids is 2. The van der Waals surface area contributed by atoms with E-state index in [1.54, 1.807) is 18.7 Å². The number of nitrogens with one attached hydrogen (secondary N) is 1. The van der Waals surface area contributed by atoms with E-state index in [1.807, 2.05) is 13.8 Å². The summed E-state index contributed by atoms with van der Waals surface area (Å²) in [5.41, 5.74) is 0. The summed E-state index contributed by atoms with van der Waals surface area (Å²) in [5.74, 6) is -0.0668. The summed E-state index contributed by atoms with van der Waals surface area (Å²) in [6, 6.07) is -0.647. The first-order valence-electron chi connectivity index (χ1n) is 4.57. The van der Waals surface area contributed by atoms with E-state index < -0.39 is 0 Å². The molecule has 2 atom stereocenters. The Labute approximate surface area is 78.3 Å². The third kappa shape index (κ3) is 1.66. The van der Waals surface area contributed by atoms with E-state index in [-0.39, 0.29) is 29.9 Å². The van der Waals surface area contributed by atoms with Crippen LogP contribution in [0.1, 0.15) is 27.7 Å². The number of rotatable bonds is 1. The molecule has 2 amide bonds. The smallest absolute Gasteiger partial charge is 0.245 e. The summed E-state index contributed by atoms with van der Waals surface area (Å²) in [6.07, 6.45) is 0. The molecular weight excluding hydrogens is 168 g/mol. The number of hydrogen-bond acceptors (Lipinski definition) is 2. The Kier molecular flexibility index (Phi) is 2.59. The van der Waals surface area contributed by atoms with Crippen LogP contribution in [0.2, 0.25) is 0 Å². The van der Waals surface area contributed by atoms with Gasteiger partial charge in [0.2, 0.25) is 11.8 Å². The van der Waals surface area contributed by atoms with Gasteiger partial charge in [-0.15, -0.1) is 0 Å². The van der Waals surface area contributed by atoms with Gasteiger partial charge in [-0.3, -0.25) is 9.59 Å². The topological polar surface area (TPSA) is 49.4 Å². The van der Waals surface area contributed by atoms with Crippen LogP contribution in [0, 0.1) is 0 Å². The Balaban J connectivity index is 2.88. The Morgan fingerprint density at radius 1 is 1.31 bits per heavy atom. The van der Waals surface area contributed by atoms with Crippen LogP contribution in [0.5, 0.6) is 0 Å². The van der Waals surface area contributed by atoms with Crippen molar-refractivity contribution in [1.29, 1.82) is 0 Å². The molecule has 0 saturated carbocycles. The molecule has 4 nitrogen and oxygen atoms in total. The van der Waals surface area contributed by atoms with E-state index in [4.69, 9.17) is 0 Å². The number of nitrogens with zero attached hydrogens (tertiary/aromatic N) is 1. The second kappa shape index (κ2) is 3.36. The standard InChI is InChI=1S/C9H16N2O2/c1-5(2)11-7(4)8(12)10-6(3)9(11)13/h5-7H,1-4H3,(H,10,12)/t6-,7-/m0/s1. The molecule has 13 heavy (non-hydrogen) atoms. The predicted octanol–water partition coefficient (Wildman–Crippen LogP) is 0.130. The van der Waals surface area contributed by atoms with Crippen LogP contribution in [0.3, 0.4) is 0 Å². The monoisotopic (exact) mass is 184 g/mol. The minimum absolute atomic E-state index is 0.00194. The van der Waals surface area contributed by atoms with Crippen LogP contribution >= 0.6 is 0 Å². The highest BCUT2D eigenvalue weighted by Gasteiger charge is 2.36. The minimum Gasteiger partial charge on any atom is -0.343 e. The highest BCUT2D eigenvalue weighted by Crippen LogP contribution is 2.12. The largest absolute Gasteiger partial charge is 0.343 e. The van der Waals surface area contributed by atoms with Crippen molar-refractivity contribution in [1.82, 2.24) is 10.2 Å². The van der Waals surface area contributed by atoms with Gasteiger partial charge in [-0.1, -0.05) is 0 Å². The third-order valence-corrected chi connectivity index (χ3v) is 2.34. The van der Waals surface area contributed by atoms with E-state index in [1.165, 1.54) is 0 Å². The van der Waals surface area contributed by atoms with Crippen molar-refractivity contribution in [2.75, 3.05) is 0 Å². The second-order valence-electron chi connectivity index (χ2n) is 3.75. The molecule has 4 heteroatoms. The lowest BCUT2D eigenvalue weighted by Crippen LogP contribution is -2.63. The molecule has 0 radical (unpaired) electrons. The van der Waals surface area contributed by atoms with Crippen LogP contribution in [-0.4, -0.2) is 34.8 Å². The van der Waals surface area contributed by atoms with Crippen molar-refractivity contribution in [2.45, 2.75) is 45.8 Å². The third-order valence-electron chi connectivity index (χ3n) is 2.34. The second-order valence-corrected chi connectivity index (χ2v) is 3.75. The van der Waals surface area contributed by atoms with E-state index in [0.29, 0.717) is 0 Å². The van der Waals surface area contributed by atoms with Crippen molar-refractivity contribution >= 4 is 11.8 Å². The Morgan fingerprint density at radius 2 is 1.85 bits per heavy atom. The molecular formula is C9H16N2O2. The maximum atomic E-state index is 11.6.